The van der Waals surface area contributed by atoms with Crippen LogP contribution in [-0.2, 0) is 16.0 Å². The zero-order chi connectivity index (χ0) is 20.1. The number of benzene rings is 3. The smallest absolute Gasteiger partial charge is 0.251 e. The molecule has 3 aromatic rings. The number of anilines is 1. The maximum absolute atomic E-state index is 12.5. The second-order valence-electron chi connectivity index (χ2n) is 7.29. The fourth-order valence-electron chi connectivity index (χ4n) is 3.64. The topological polar surface area (TPSA) is 67.4 Å². The lowest BCUT2D eigenvalue weighted by Crippen LogP contribution is -2.31. The number of fused-ring (bicyclic) bond motifs is 1. The van der Waals surface area contributed by atoms with Gasteiger partial charge in [-0.15, -0.1) is 0 Å². The number of ether oxygens (including phenoxy) is 1. The van der Waals surface area contributed by atoms with Crippen LogP contribution in [0.2, 0.25) is 0 Å². The number of hydrogen-bond donors (Lipinski definition) is 2. The zero-order valence-corrected chi connectivity index (χ0v) is 16.2. The van der Waals surface area contributed by atoms with E-state index in [2.05, 4.69) is 10.6 Å². The third-order valence-corrected chi connectivity index (χ3v) is 5.18. The average molecular weight is 388 g/mol. The van der Waals surface area contributed by atoms with E-state index in [9.17, 15) is 9.59 Å². The molecule has 0 aromatic heterocycles. The molecule has 1 atom stereocenters. The van der Waals surface area contributed by atoms with Crippen molar-refractivity contribution in [3.63, 3.8) is 0 Å². The third kappa shape index (κ3) is 4.81. The van der Waals surface area contributed by atoms with Crippen LogP contribution < -0.4 is 10.6 Å². The molecule has 2 amide bonds. The molecule has 29 heavy (non-hydrogen) atoms. The summed E-state index contributed by atoms with van der Waals surface area (Å²) >= 11 is 0. The molecular formula is C24H24N2O3. The van der Waals surface area contributed by atoms with Crippen LogP contribution in [0.25, 0.3) is 10.8 Å². The van der Waals surface area contributed by atoms with Crippen molar-refractivity contribution in [2.24, 2.45) is 0 Å². The van der Waals surface area contributed by atoms with Gasteiger partial charge in [0.1, 0.15) is 0 Å². The van der Waals surface area contributed by atoms with Crippen molar-refractivity contribution in [1.82, 2.24) is 5.32 Å². The quantitative estimate of drug-likeness (QED) is 0.672. The summed E-state index contributed by atoms with van der Waals surface area (Å²) in [7, 11) is 0. The molecule has 1 aliphatic heterocycles. The second kappa shape index (κ2) is 8.88. The highest BCUT2D eigenvalue weighted by molar-refractivity contribution is 5.97. The van der Waals surface area contributed by atoms with Crippen LogP contribution in [-0.4, -0.2) is 31.1 Å². The first-order chi connectivity index (χ1) is 14.2. The van der Waals surface area contributed by atoms with E-state index < -0.39 is 0 Å². The standard InChI is InChI=1S/C24H24N2O3/c27-23(15-19-7-3-6-17-5-1-2-9-22(17)19)26-20-12-10-18(11-13-20)24(28)25-16-21-8-4-14-29-21/h1-3,5-7,9-13,21H,4,8,14-16H2,(H,25,28)(H,26,27). The first kappa shape index (κ1) is 19.2. The lowest BCUT2D eigenvalue weighted by molar-refractivity contribution is -0.115. The first-order valence-corrected chi connectivity index (χ1v) is 9.95. The predicted octanol–water partition coefficient (Wildman–Crippen LogP) is 3.93. The summed E-state index contributed by atoms with van der Waals surface area (Å²) in [5.41, 5.74) is 2.23. The Morgan fingerprint density at radius 3 is 2.55 bits per heavy atom. The van der Waals surface area contributed by atoms with Gasteiger partial charge in [-0.2, -0.15) is 0 Å². The normalized spacial score (nSPS) is 15.9. The number of nitrogens with one attached hydrogen (secondary N) is 2. The summed E-state index contributed by atoms with van der Waals surface area (Å²) in [5, 5.41) is 8.01. The van der Waals surface area contributed by atoms with E-state index in [0.717, 1.165) is 35.8 Å². The van der Waals surface area contributed by atoms with Crippen molar-refractivity contribution in [3.8, 4) is 0 Å². The van der Waals surface area contributed by atoms with Crippen molar-refractivity contribution in [2.75, 3.05) is 18.5 Å². The first-order valence-electron chi connectivity index (χ1n) is 9.95. The van der Waals surface area contributed by atoms with Gasteiger partial charge in [0.2, 0.25) is 5.91 Å². The Balaban J connectivity index is 1.34. The van der Waals surface area contributed by atoms with E-state index in [1.54, 1.807) is 24.3 Å². The molecule has 0 saturated carbocycles. The Hall–Kier alpha value is -3.18. The van der Waals surface area contributed by atoms with E-state index >= 15 is 0 Å². The van der Waals surface area contributed by atoms with E-state index in [0.29, 0.717) is 24.2 Å². The molecule has 0 spiro atoms. The SMILES string of the molecule is O=C(Cc1cccc2ccccc12)Nc1ccc(C(=O)NCC2CCCO2)cc1. The Labute approximate surface area is 170 Å². The maximum Gasteiger partial charge on any atom is 0.251 e. The van der Waals surface area contributed by atoms with Crippen LogP contribution in [0.3, 0.4) is 0 Å². The molecule has 148 valence electrons. The summed E-state index contributed by atoms with van der Waals surface area (Å²) < 4.78 is 5.52. The van der Waals surface area contributed by atoms with Crippen LogP contribution in [0.15, 0.2) is 66.7 Å². The molecule has 0 bridgehead atoms. The van der Waals surface area contributed by atoms with Crippen LogP contribution in [0.1, 0.15) is 28.8 Å². The number of rotatable bonds is 6. The Morgan fingerprint density at radius 1 is 0.966 bits per heavy atom. The van der Waals surface area contributed by atoms with Gasteiger partial charge in [0.15, 0.2) is 0 Å². The molecule has 5 nitrogen and oxygen atoms in total. The van der Waals surface area contributed by atoms with Crippen LogP contribution in [0, 0.1) is 0 Å². The van der Waals surface area contributed by atoms with Crippen molar-refractivity contribution < 1.29 is 14.3 Å². The largest absolute Gasteiger partial charge is 0.376 e. The van der Waals surface area contributed by atoms with Gasteiger partial charge in [-0.05, 0) is 53.4 Å². The van der Waals surface area contributed by atoms with E-state index in [1.165, 1.54) is 0 Å². The number of carbonyl (C=O) groups excluding carboxylic acids is 2. The molecule has 5 heteroatoms. The van der Waals surface area contributed by atoms with Gasteiger partial charge in [-0.3, -0.25) is 9.59 Å². The molecule has 1 saturated heterocycles. The van der Waals surface area contributed by atoms with Gasteiger partial charge >= 0.3 is 0 Å². The fraction of sp³-hybridized carbons (Fsp3) is 0.250. The highest BCUT2D eigenvalue weighted by atomic mass is 16.5. The van der Waals surface area contributed by atoms with Gasteiger partial charge in [-0.1, -0.05) is 42.5 Å². The van der Waals surface area contributed by atoms with Crippen molar-refractivity contribution in [1.29, 1.82) is 0 Å². The lowest BCUT2D eigenvalue weighted by atomic mass is 10.0. The van der Waals surface area contributed by atoms with E-state index in [-0.39, 0.29) is 17.9 Å². The van der Waals surface area contributed by atoms with Gasteiger partial charge < -0.3 is 15.4 Å². The molecule has 2 N–H and O–H groups in total. The molecule has 0 aliphatic carbocycles. The Kier molecular flexibility index (Phi) is 5.86. The summed E-state index contributed by atoms with van der Waals surface area (Å²) in [5.74, 6) is -0.217. The fourth-order valence-corrected chi connectivity index (χ4v) is 3.64. The van der Waals surface area contributed by atoms with Crippen molar-refractivity contribution >= 4 is 28.3 Å². The summed E-state index contributed by atoms with van der Waals surface area (Å²) in [4.78, 5) is 24.7. The third-order valence-electron chi connectivity index (χ3n) is 5.18. The van der Waals surface area contributed by atoms with Crippen LogP contribution >= 0.6 is 0 Å². The average Bonchev–Trinajstić information content (AvgIpc) is 3.26. The zero-order valence-electron chi connectivity index (χ0n) is 16.2. The Bertz CT molecular complexity index is 1000. The molecule has 0 radical (unpaired) electrons. The van der Waals surface area contributed by atoms with Gasteiger partial charge in [0.25, 0.3) is 5.91 Å². The van der Waals surface area contributed by atoms with Crippen molar-refractivity contribution in [3.05, 3.63) is 77.9 Å². The second-order valence-corrected chi connectivity index (χ2v) is 7.29. The van der Waals surface area contributed by atoms with Gasteiger partial charge in [-0.25, -0.2) is 0 Å². The predicted molar refractivity (Wildman–Crippen MR) is 114 cm³/mol. The molecule has 1 heterocycles. The minimum atomic E-state index is -0.130. The summed E-state index contributed by atoms with van der Waals surface area (Å²) in [6, 6.07) is 21.0. The van der Waals surface area contributed by atoms with E-state index in [1.807, 2.05) is 42.5 Å². The summed E-state index contributed by atoms with van der Waals surface area (Å²) in [6.07, 6.45) is 2.45. The maximum atomic E-state index is 12.5. The molecular weight excluding hydrogens is 364 g/mol. The van der Waals surface area contributed by atoms with E-state index in [4.69, 9.17) is 4.74 Å². The molecule has 1 fully saturated rings. The summed E-state index contributed by atoms with van der Waals surface area (Å²) in [6.45, 7) is 1.30. The number of carbonyl (C=O) groups is 2. The highest BCUT2D eigenvalue weighted by Crippen LogP contribution is 2.19. The molecule has 1 aliphatic rings. The molecule has 1 unspecified atom stereocenters. The molecule has 3 aromatic carbocycles. The van der Waals surface area contributed by atoms with Gasteiger partial charge in [0, 0.05) is 24.4 Å². The lowest BCUT2D eigenvalue weighted by Gasteiger charge is -2.11. The number of hydrogen-bond acceptors (Lipinski definition) is 3. The number of amides is 2. The Morgan fingerprint density at radius 2 is 1.76 bits per heavy atom. The monoisotopic (exact) mass is 388 g/mol. The van der Waals surface area contributed by atoms with Crippen LogP contribution in [0.5, 0.6) is 0 Å². The minimum Gasteiger partial charge on any atom is -0.376 e. The van der Waals surface area contributed by atoms with Gasteiger partial charge in [0.05, 0.1) is 12.5 Å². The highest BCUT2D eigenvalue weighted by Gasteiger charge is 2.16. The van der Waals surface area contributed by atoms with Crippen LogP contribution in [0.4, 0.5) is 5.69 Å². The minimum absolute atomic E-state index is 0.0862. The van der Waals surface area contributed by atoms with Crippen molar-refractivity contribution in [2.45, 2.75) is 25.4 Å². The molecule has 4 rings (SSSR count).